The number of carbonyl (C=O) groups is 1. The number of aromatic nitrogens is 2. The number of benzene rings is 2. The number of sulfonamides is 1. The number of anilines is 2. The maximum Gasteiger partial charge on any atom is 0.245 e. The lowest BCUT2D eigenvalue weighted by Gasteiger charge is -2.41. The molecule has 0 radical (unpaired) electrons. The van der Waals surface area contributed by atoms with Crippen molar-refractivity contribution >= 4 is 38.2 Å². The number of carbonyl (C=O) groups excluding carboxylic acids is 1. The lowest BCUT2D eigenvalue weighted by molar-refractivity contribution is -0.116. The molecule has 6 rings (SSSR count). The van der Waals surface area contributed by atoms with Crippen molar-refractivity contribution in [1.82, 2.24) is 14.5 Å². The second-order valence-electron chi connectivity index (χ2n) is 9.57. The monoisotopic (exact) mass is 513 g/mol. The maximum absolute atomic E-state index is 13.4. The molecule has 1 aromatic heterocycles. The van der Waals surface area contributed by atoms with E-state index in [4.69, 9.17) is 9.47 Å². The molecule has 0 spiro atoms. The van der Waals surface area contributed by atoms with Crippen LogP contribution in [0.3, 0.4) is 0 Å². The first-order chi connectivity index (χ1) is 17.2. The zero-order chi connectivity index (χ0) is 25.1. The van der Waals surface area contributed by atoms with Gasteiger partial charge in [-0.25, -0.2) is 8.42 Å². The van der Waals surface area contributed by atoms with Crippen LogP contribution in [0.5, 0.6) is 5.75 Å². The zero-order valence-corrected chi connectivity index (χ0v) is 20.5. The molecule has 0 atom stereocenters. The number of ether oxygens (including phenoxy) is 2. The van der Waals surface area contributed by atoms with Crippen LogP contribution in [-0.2, 0) is 25.2 Å². The topological polar surface area (TPSA) is 137 Å². The van der Waals surface area contributed by atoms with Crippen molar-refractivity contribution in [3.05, 3.63) is 42.1 Å². The van der Waals surface area contributed by atoms with Gasteiger partial charge in [-0.3, -0.25) is 9.89 Å². The number of nitrogens with zero attached hydrogens (tertiary/aromatic N) is 3. The van der Waals surface area contributed by atoms with Crippen molar-refractivity contribution in [2.75, 3.05) is 50.2 Å². The molecule has 3 aliphatic rings. The van der Waals surface area contributed by atoms with Gasteiger partial charge in [-0.1, -0.05) is 0 Å². The van der Waals surface area contributed by atoms with E-state index in [1.807, 2.05) is 6.07 Å². The Bertz CT molecular complexity index is 1450. The quantitative estimate of drug-likeness (QED) is 0.431. The lowest BCUT2D eigenvalue weighted by atomic mass is 10.1. The first-order valence-corrected chi connectivity index (χ1v) is 13.3. The molecule has 0 bridgehead atoms. The molecule has 1 aliphatic carbocycles. The van der Waals surface area contributed by atoms with Gasteiger partial charge in [0.1, 0.15) is 17.3 Å². The second kappa shape index (κ2) is 8.44. The van der Waals surface area contributed by atoms with Gasteiger partial charge in [0, 0.05) is 24.2 Å². The van der Waals surface area contributed by atoms with E-state index in [0.29, 0.717) is 66.6 Å². The van der Waals surface area contributed by atoms with Crippen LogP contribution in [0.25, 0.3) is 10.9 Å². The third-order valence-electron chi connectivity index (χ3n) is 7.03. The molecule has 12 heteroatoms. The summed E-state index contributed by atoms with van der Waals surface area (Å²) >= 11 is 0. The summed E-state index contributed by atoms with van der Waals surface area (Å²) in [4.78, 5) is 15.0. The third kappa shape index (κ3) is 3.99. The summed E-state index contributed by atoms with van der Waals surface area (Å²) < 4.78 is 39.0. The number of fused-ring (bicyclic) bond motifs is 2. The standard InChI is InChI=1S/C24H27N5O6S/c1-28(36(32,33)21-9-16(24(31)4-5-24)8-15-11-25-27-23(15)21)12-22(30)26-17-2-3-19-20(10-17)35-7-6-29(19)18-13-34-14-18/h2-3,8-11,18,31H,4-7,12-14H2,1H3,(H,25,27)(H,26,30). The Morgan fingerprint density at radius 3 is 2.83 bits per heavy atom. The molecule has 1 saturated heterocycles. The van der Waals surface area contributed by atoms with Crippen LogP contribution in [0, 0.1) is 0 Å². The van der Waals surface area contributed by atoms with Crippen molar-refractivity contribution in [3.8, 4) is 5.75 Å². The molecule has 36 heavy (non-hydrogen) atoms. The number of aromatic amines is 1. The largest absolute Gasteiger partial charge is 0.489 e. The van der Waals surface area contributed by atoms with E-state index in [1.165, 1.54) is 19.3 Å². The molecule has 3 heterocycles. The maximum atomic E-state index is 13.4. The normalized spacial score (nSPS) is 19.0. The first kappa shape index (κ1) is 23.2. The van der Waals surface area contributed by atoms with Crippen molar-refractivity contribution in [1.29, 1.82) is 0 Å². The van der Waals surface area contributed by atoms with E-state index in [9.17, 15) is 18.3 Å². The number of rotatable bonds is 7. The van der Waals surface area contributed by atoms with E-state index >= 15 is 0 Å². The van der Waals surface area contributed by atoms with Gasteiger partial charge in [-0.05, 0) is 42.7 Å². The van der Waals surface area contributed by atoms with Gasteiger partial charge >= 0.3 is 0 Å². The number of aliphatic hydroxyl groups is 1. The minimum absolute atomic E-state index is 0.0228. The summed E-state index contributed by atoms with van der Waals surface area (Å²) in [7, 11) is -2.71. The van der Waals surface area contributed by atoms with Crippen molar-refractivity contribution in [3.63, 3.8) is 0 Å². The van der Waals surface area contributed by atoms with Crippen LogP contribution < -0.4 is 15.0 Å². The first-order valence-electron chi connectivity index (χ1n) is 11.8. The molecule has 0 unspecified atom stereocenters. The van der Waals surface area contributed by atoms with E-state index in [1.54, 1.807) is 18.2 Å². The van der Waals surface area contributed by atoms with E-state index in [0.717, 1.165) is 16.5 Å². The highest BCUT2D eigenvalue weighted by molar-refractivity contribution is 7.89. The average Bonchev–Trinajstić information content (AvgIpc) is 3.38. The Hall–Kier alpha value is -3.19. The number of amides is 1. The highest BCUT2D eigenvalue weighted by atomic mass is 32.2. The smallest absolute Gasteiger partial charge is 0.245 e. The van der Waals surface area contributed by atoms with E-state index in [2.05, 4.69) is 20.4 Å². The summed E-state index contributed by atoms with van der Waals surface area (Å²) in [5.41, 5.74) is 1.33. The van der Waals surface area contributed by atoms with E-state index < -0.39 is 28.1 Å². The van der Waals surface area contributed by atoms with Crippen LogP contribution in [0.4, 0.5) is 11.4 Å². The molecule has 11 nitrogen and oxygen atoms in total. The summed E-state index contributed by atoms with van der Waals surface area (Å²) in [6.45, 7) is 2.29. The average molecular weight is 514 g/mol. The molecule has 2 aromatic carbocycles. The van der Waals surface area contributed by atoms with Gasteiger partial charge in [-0.15, -0.1) is 0 Å². The second-order valence-corrected chi connectivity index (χ2v) is 11.6. The van der Waals surface area contributed by atoms with Crippen molar-refractivity contribution in [2.24, 2.45) is 0 Å². The molecule has 3 N–H and O–H groups in total. The van der Waals surface area contributed by atoms with Crippen LogP contribution in [0.2, 0.25) is 0 Å². The van der Waals surface area contributed by atoms with Crippen LogP contribution in [0.15, 0.2) is 41.4 Å². The van der Waals surface area contributed by atoms with Gasteiger partial charge in [0.2, 0.25) is 15.9 Å². The Morgan fingerprint density at radius 1 is 1.31 bits per heavy atom. The minimum atomic E-state index is -4.06. The summed E-state index contributed by atoms with van der Waals surface area (Å²) in [6.07, 6.45) is 2.67. The molecule has 1 amide bonds. The predicted octanol–water partition coefficient (Wildman–Crippen LogP) is 1.40. The molecule has 1 saturated carbocycles. The number of likely N-dealkylation sites (N-methyl/N-ethyl adjacent to an activating group) is 1. The summed E-state index contributed by atoms with van der Waals surface area (Å²) in [5, 5.41) is 20.6. The fourth-order valence-electron chi connectivity index (χ4n) is 4.66. The van der Waals surface area contributed by atoms with Gasteiger partial charge in [-0.2, -0.15) is 9.40 Å². The molecule has 3 aromatic rings. The highest BCUT2D eigenvalue weighted by Crippen LogP contribution is 2.46. The fourth-order valence-corrected chi connectivity index (χ4v) is 5.98. The number of H-pyrrole nitrogens is 1. The van der Waals surface area contributed by atoms with Crippen molar-refractivity contribution < 1.29 is 27.8 Å². The van der Waals surface area contributed by atoms with Crippen LogP contribution in [0.1, 0.15) is 18.4 Å². The van der Waals surface area contributed by atoms with Gasteiger partial charge in [0.15, 0.2) is 0 Å². The summed E-state index contributed by atoms with van der Waals surface area (Å²) in [5.74, 6) is 0.183. The fraction of sp³-hybridized carbons (Fsp3) is 0.417. The lowest BCUT2D eigenvalue weighted by Crippen LogP contribution is -2.52. The van der Waals surface area contributed by atoms with Crippen molar-refractivity contribution in [2.45, 2.75) is 29.4 Å². The molecule has 2 aliphatic heterocycles. The molecule has 2 fully saturated rings. The Kier molecular flexibility index (Phi) is 5.45. The molecule has 190 valence electrons. The van der Waals surface area contributed by atoms with Crippen LogP contribution >= 0.6 is 0 Å². The third-order valence-corrected chi connectivity index (χ3v) is 8.86. The SMILES string of the molecule is CN(CC(=O)Nc1ccc2c(c1)OCCN2C1COC1)S(=O)(=O)c1cc(C2(O)CC2)cc2cn[nH]c12. The van der Waals surface area contributed by atoms with Gasteiger partial charge in [0.25, 0.3) is 0 Å². The molecular weight excluding hydrogens is 486 g/mol. The van der Waals surface area contributed by atoms with Gasteiger partial charge in [0.05, 0.1) is 55.3 Å². The Balaban J connectivity index is 1.19. The Morgan fingerprint density at radius 2 is 2.11 bits per heavy atom. The predicted molar refractivity (Wildman–Crippen MR) is 132 cm³/mol. The minimum Gasteiger partial charge on any atom is -0.489 e. The van der Waals surface area contributed by atoms with Gasteiger partial charge < -0.3 is 24.8 Å². The zero-order valence-electron chi connectivity index (χ0n) is 19.7. The molecular formula is C24H27N5O6S. The summed E-state index contributed by atoms with van der Waals surface area (Å²) in [6, 6.07) is 8.96. The number of nitrogens with one attached hydrogen (secondary N) is 2. The van der Waals surface area contributed by atoms with E-state index in [-0.39, 0.29) is 4.90 Å². The number of hydrogen-bond acceptors (Lipinski definition) is 8. The van der Waals surface area contributed by atoms with Crippen LogP contribution in [-0.4, -0.2) is 79.9 Å². The number of hydrogen-bond donors (Lipinski definition) is 3. The Labute approximate surface area is 208 Å². The highest BCUT2D eigenvalue weighted by Gasteiger charge is 2.43.